The Bertz CT molecular complexity index is 529. The molecule has 1 aromatic carbocycles. The van der Waals surface area contributed by atoms with E-state index in [-0.39, 0.29) is 0 Å². The summed E-state index contributed by atoms with van der Waals surface area (Å²) in [5, 5.41) is 10.7. The van der Waals surface area contributed by atoms with Crippen LogP contribution in [0, 0.1) is 11.3 Å². The highest BCUT2D eigenvalue weighted by Crippen LogP contribution is 2.12. The number of nitriles is 1. The van der Waals surface area contributed by atoms with E-state index in [4.69, 9.17) is 14.7 Å². The third kappa shape index (κ3) is 5.04. The molecule has 2 rings (SSSR count). The monoisotopic (exact) mass is 287 g/mol. The Morgan fingerprint density at radius 1 is 1.05 bits per heavy atom. The van der Waals surface area contributed by atoms with Crippen LogP contribution < -0.4 is 4.74 Å². The fraction of sp³-hybridized carbons (Fsp3) is 0.312. The molecular weight excluding hydrogens is 270 g/mol. The molecule has 0 saturated carbocycles. The van der Waals surface area contributed by atoms with Gasteiger partial charge in [0.05, 0.1) is 25.7 Å². The van der Waals surface area contributed by atoms with Crippen molar-refractivity contribution in [3.05, 3.63) is 52.2 Å². The SMILES string of the molecule is N#CCc1ccc(OCCOCCc2cccs2)cc1. The van der Waals surface area contributed by atoms with Crippen LogP contribution in [0.4, 0.5) is 0 Å². The molecule has 0 aliphatic rings. The molecular formula is C16H17NO2S. The summed E-state index contributed by atoms with van der Waals surface area (Å²) < 4.78 is 11.1. The van der Waals surface area contributed by atoms with Gasteiger partial charge >= 0.3 is 0 Å². The summed E-state index contributed by atoms with van der Waals surface area (Å²) in [7, 11) is 0. The second kappa shape index (κ2) is 8.36. The first-order chi connectivity index (χ1) is 9.88. The highest BCUT2D eigenvalue weighted by Gasteiger charge is 1.97. The van der Waals surface area contributed by atoms with Gasteiger partial charge < -0.3 is 9.47 Å². The number of hydrogen-bond donors (Lipinski definition) is 0. The molecule has 0 amide bonds. The molecule has 104 valence electrons. The Hall–Kier alpha value is -1.83. The molecule has 0 atom stereocenters. The summed E-state index contributed by atoms with van der Waals surface area (Å²) in [4.78, 5) is 1.35. The van der Waals surface area contributed by atoms with E-state index in [9.17, 15) is 0 Å². The zero-order chi connectivity index (χ0) is 14.0. The molecule has 0 radical (unpaired) electrons. The summed E-state index contributed by atoms with van der Waals surface area (Å²) in [6, 6.07) is 13.9. The van der Waals surface area contributed by atoms with Gasteiger partial charge in [-0.3, -0.25) is 0 Å². The van der Waals surface area contributed by atoms with Crippen molar-refractivity contribution in [1.82, 2.24) is 0 Å². The predicted molar refractivity (Wildman–Crippen MR) is 80.1 cm³/mol. The van der Waals surface area contributed by atoms with Crippen LogP contribution in [0.25, 0.3) is 0 Å². The van der Waals surface area contributed by atoms with E-state index in [0.29, 0.717) is 19.6 Å². The van der Waals surface area contributed by atoms with Crippen LogP contribution in [-0.2, 0) is 17.6 Å². The van der Waals surface area contributed by atoms with Crippen molar-refractivity contribution in [2.45, 2.75) is 12.8 Å². The summed E-state index contributed by atoms with van der Waals surface area (Å²) in [5.74, 6) is 0.813. The molecule has 0 unspecified atom stereocenters. The van der Waals surface area contributed by atoms with Crippen LogP contribution in [0.15, 0.2) is 41.8 Å². The van der Waals surface area contributed by atoms with Crippen LogP contribution in [0.2, 0.25) is 0 Å². The maximum absolute atomic E-state index is 8.58. The lowest BCUT2D eigenvalue weighted by Gasteiger charge is -2.07. The fourth-order valence-corrected chi connectivity index (χ4v) is 2.43. The van der Waals surface area contributed by atoms with Gasteiger partial charge in [0.15, 0.2) is 0 Å². The number of benzene rings is 1. The first-order valence-electron chi connectivity index (χ1n) is 6.57. The average Bonchev–Trinajstić information content (AvgIpc) is 2.98. The highest BCUT2D eigenvalue weighted by atomic mass is 32.1. The van der Waals surface area contributed by atoms with Gasteiger partial charge in [0.25, 0.3) is 0 Å². The molecule has 1 aromatic heterocycles. The van der Waals surface area contributed by atoms with Crippen molar-refractivity contribution in [3.63, 3.8) is 0 Å². The predicted octanol–water partition coefficient (Wildman–Crippen LogP) is 3.45. The van der Waals surface area contributed by atoms with E-state index >= 15 is 0 Å². The Morgan fingerprint density at radius 2 is 1.90 bits per heavy atom. The van der Waals surface area contributed by atoms with Crippen LogP contribution >= 0.6 is 11.3 Å². The van der Waals surface area contributed by atoms with Gasteiger partial charge in [-0.1, -0.05) is 18.2 Å². The van der Waals surface area contributed by atoms with Gasteiger partial charge in [0.2, 0.25) is 0 Å². The molecule has 0 N–H and O–H groups in total. The van der Waals surface area contributed by atoms with E-state index in [0.717, 1.165) is 24.3 Å². The number of nitrogens with zero attached hydrogens (tertiary/aromatic N) is 1. The third-order valence-electron chi connectivity index (χ3n) is 2.78. The van der Waals surface area contributed by atoms with Gasteiger partial charge in [-0.2, -0.15) is 5.26 Å². The topological polar surface area (TPSA) is 42.2 Å². The van der Waals surface area contributed by atoms with Crippen molar-refractivity contribution in [3.8, 4) is 11.8 Å². The minimum atomic E-state index is 0.437. The molecule has 0 fully saturated rings. The second-order valence-electron chi connectivity index (χ2n) is 4.27. The molecule has 0 aliphatic carbocycles. The van der Waals surface area contributed by atoms with E-state index in [1.165, 1.54) is 4.88 Å². The highest BCUT2D eigenvalue weighted by molar-refractivity contribution is 7.09. The molecule has 0 bridgehead atoms. The third-order valence-corrected chi connectivity index (χ3v) is 3.71. The number of hydrogen-bond acceptors (Lipinski definition) is 4. The minimum Gasteiger partial charge on any atom is -0.491 e. The largest absolute Gasteiger partial charge is 0.491 e. The van der Waals surface area contributed by atoms with Gasteiger partial charge in [-0.15, -0.1) is 11.3 Å². The van der Waals surface area contributed by atoms with E-state index in [1.807, 2.05) is 24.3 Å². The number of thiophene rings is 1. The van der Waals surface area contributed by atoms with Crippen molar-refractivity contribution in [2.75, 3.05) is 19.8 Å². The maximum Gasteiger partial charge on any atom is 0.119 e. The first kappa shape index (κ1) is 14.6. The van der Waals surface area contributed by atoms with Crippen molar-refractivity contribution >= 4 is 11.3 Å². The molecule has 2 aromatic rings. The van der Waals surface area contributed by atoms with E-state index < -0.39 is 0 Å². The van der Waals surface area contributed by atoms with Gasteiger partial charge in [0, 0.05) is 11.3 Å². The zero-order valence-corrected chi connectivity index (χ0v) is 12.1. The zero-order valence-electron chi connectivity index (χ0n) is 11.2. The van der Waals surface area contributed by atoms with E-state index in [1.54, 1.807) is 11.3 Å². The van der Waals surface area contributed by atoms with Crippen LogP contribution in [0.3, 0.4) is 0 Å². The summed E-state index contributed by atoms with van der Waals surface area (Å²) >= 11 is 1.75. The Balaban J connectivity index is 1.57. The van der Waals surface area contributed by atoms with Gasteiger partial charge in [-0.25, -0.2) is 0 Å². The van der Waals surface area contributed by atoms with E-state index in [2.05, 4.69) is 23.6 Å². The molecule has 0 spiro atoms. The lowest BCUT2D eigenvalue weighted by Crippen LogP contribution is -2.08. The van der Waals surface area contributed by atoms with Crippen molar-refractivity contribution in [1.29, 1.82) is 5.26 Å². The second-order valence-corrected chi connectivity index (χ2v) is 5.30. The lowest BCUT2D eigenvalue weighted by molar-refractivity contribution is 0.103. The molecule has 0 aliphatic heterocycles. The standard InChI is InChI=1S/C16H17NO2S/c17-9-7-14-3-5-15(6-4-14)19-12-11-18-10-8-16-2-1-13-20-16/h1-6,13H,7-8,10-12H2. The molecule has 4 heteroatoms. The molecule has 3 nitrogen and oxygen atoms in total. The Labute approximate surface area is 123 Å². The lowest BCUT2D eigenvalue weighted by atomic mass is 10.2. The molecule has 1 heterocycles. The molecule has 20 heavy (non-hydrogen) atoms. The Morgan fingerprint density at radius 3 is 2.60 bits per heavy atom. The maximum atomic E-state index is 8.58. The summed E-state index contributed by atoms with van der Waals surface area (Å²) in [6.45, 7) is 1.86. The number of rotatable bonds is 8. The normalized spacial score (nSPS) is 10.2. The van der Waals surface area contributed by atoms with Gasteiger partial charge in [0.1, 0.15) is 12.4 Å². The first-order valence-corrected chi connectivity index (χ1v) is 7.45. The molecule has 0 saturated heterocycles. The number of ether oxygens (including phenoxy) is 2. The van der Waals surface area contributed by atoms with Crippen LogP contribution in [0.1, 0.15) is 10.4 Å². The van der Waals surface area contributed by atoms with Gasteiger partial charge in [-0.05, 0) is 29.1 Å². The average molecular weight is 287 g/mol. The van der Waals surface area contributed by atoms with Crippen molar-refractivity contribution in [2.24, 2.45) is 0 Å². The van der Waals surface area contributed by atoms with Crippen molar-refractivity contribution < 1.29 is 9.47 Å². The van der Waals surface area contributed by atoms with Crippen LogP contribution in [0.5, 0.6) is 5.75 Å². The summed E-state index contributed by atoms with van der Waals surface area (Å²) in [6.07, 6.45) is 1.40. The summed E-state index contributed by atoms with van der Waals surface area (Å²) in [5.41, 5.74) is 1.01. The fourth-order valence-electron chi connectivity index (χ4n) is 1.74. The quantitative estimate of drug-likeness (QED) is 0.698. The van der Waals surface area contributed by atoms with Crippen LogP contribution in [-0.4, -0.2) is 19.8 Å². The minimum absolute atomic E-state index is 0.437. The Kier molecular flexibility index (Phi) is 6.09. The smallest absolute Gasteiger partial charge is 0.119 e.